The molecule has 0 amide bonds. The Bertz CT molecular complexity index is 277. The number of rotatable bonds is 0. The van der Waals surface area contributed by atoms with Gasteiger partial charge in [0.1, 0.15) is 11.6 Å². The topological polar surface area (TPSA) is 0 Å². The second kappa shape index (κ2) is 5.57. The summed E-state index contributed by atoms with van der Waals surface area (Å²) in [5.41, 5.74) is -0.499. The minimum absolute atomic E-state index is 0. The molecule has 0 N–H and O–H groups in total. The Morgan fingerprint density at radius 2 is 1.38 bits per heavy atom. The SMILES string of the molecule is [CH2-]c1cc(F)c(F)c(F)c1F.[Cl-].[Mg+2]. The molecule has 0 spiro atoms. The van der Waals surface area contributed by atoms with Crippen molar-refractivity contribution in [2.75, 3.05) is 0 Å². The minimum atomic E-state index is -1.82. The number of hydrogen-bond acceptors (Lipinski definition) is 0. The monoisotopic (exact) mass is 222 g/mol. The van der Waals surface area contributed by atoms with E-state index in [1.165, 1.54) is 0 Å². The standard InChI is InChI=1S/C7H3F4.ClH.Mg/c1-3-2-4(8)6(10)7(11)5(3)9;;/h2H,1H2;1H;/q-1;;+2/p-1. The van der Waals surface area contributed by atoms with Crippen LogP contribution in [0.4, 0.5) is 17.6 Å². The molecule has 13 heavy (non-hydrogen) atoms. The minimum Gasteiger partial charge on any atom is -1.00 e. The first kappa shape index (κ1) is 15.3. The summed E-state index contributed by atoms with van der Waals surface area (Å²) in [6.07, 6.45) is 0. The van der Waals surface area contributed by atoms with E-state index in [2.05, 4.69) is 6.92 Å². The molecular formula is C7H3ClF4Mg. The molecule has 0 saturated carbocycles. The van der Waals surface area contributed by atoms with Gasteiger partial charge >= 0.3 is 23.1 Å². The fraction of sp³-hybridized carbons (Fsp3) is 0. The van der Waals surface area contributed by atoms with Crippen LogP contribution in [-0.2, 0) is 0 Å². The van der Waals surface area contributed by atoms with Crippen molar-refractivity contribution >= 4 is 23.1 Å². The normalized spacial score (nSPS) is 8.62. The first-order valence-electron chi connectivity index (χ1n) is 2.69. The molecule has 1 aromatic rings. The molecule has 6 heteroatoms. The smallest absolute Gasteiger partial charge is 1.00 e. The summed E-state index contributed by atoms with van der Waals surface area (Å²) in [5.74, 6) is -6.53. The maximum atomic E-state index is 12.3. The molecule has 0 radical (unpaired) electrons. The molecule has 0 atom stereocenters. The Hall–Kier alpha value is -0.134. The van der Waals surface area contributed by atoms with Gasteiger partial charge in [-0.2, -0.15) is 12.5 Å². The third-order valence-electron chi connectivity index (χ3n) is 1.18. The van der Waals surface area contributed by atoms with Crippen molar-refractivity contribution in [3.05, 3.63) is 41.8 Å². The number of halogens is 5. The van der Waals surface area contributed by atoms with Crippen LogP contribution in [0.15, 0.2) is 6.07 Å². The van der Waals surface area contributed by atoms with Crippen LogP contribution in [-0.4, -0.2) is 23.1 Å². The van der Waals surface area contributed by atoms with E-state index in [0.717, 1.165) is 0 Å². The molecule has 0 aliphatic rings. The fourth-order valence-corrected chi connectivity index (χ4v) is 0.622. The largest absolute Gasteiger partial charge is 2.00 e. The summed E-state index contributed by atoms with van der Waals surface area (Å²) >= 11 is 0. The Labute approximate surface area is 94.9 Å². The van der Waals surface area contributed by atoms with E-state index in [-0.39, 0.29) is 35.5 Å². The van der Waals surface area contributed by atoms with Crippen molar-refractivity contribution in [2.24, 2.45) is 0 Å². The van der Waals surface area contributed by atoms with Gasteiger partial charge in [-0.1, -0.05) is 0 Å². The first-order valence-corrected chi connectivity index (χ1v) is 2.69. The van der Waals surface area contributed by atoms with Crippen LogP contribution in [0.3, 0.4) is 0 Å². The van der Waals surface area contributed by atoms with Gasteiger partial charge in [-0.15, -0.1) is 6.07 Å². The Morgan fingerprint density at radius 3 is 1.85 bits per heavy atom. The molecule has 0 aliphatic heterocycles. The molecule has 1 aromatic carbocycles. The summed E-state index contributed by atoms with van der Waals surface area (Å²) in [6, 6.07) is 0.494. The molecule has 0 saturated heterocycles. The van der Waals surface area contributed by atoms with Crippen LogP contribution in [0.5, 0.6) is 0 Å². The zero-order chi connectivity index (χ0) is 8.59. The molecular weight excluding hydrogens is 220 g/mol. The zero-order valence-corrected chi connectivity index (χ0v) is 8.55. The fourth-order valence-electron chi connectivity index (χ4n) is 0.622. The first-order chi connectivity index (χ1) is 5.04. The van der Waals surface area contributed by atoms with Crippen LogP contribution in [0, 0.1) is 30.2 Å². The van der Waals surface area contributed by atoms with Gasteiger partial charge in [-0.3, -0.25) is 4.39 Å². The maximum absolute atomic E-state index is 12.3. The summed E-state index contributed by atoms with van der Waals surface area (Å²) in [4.78, 5) is 0. The van der Waals surface area contributed by atoms with Crippen LogP contribution in [0.1, 0.15) is 5.56 Å². The average molecular weight is 223 g/mol. The molecule has 0 bridgehead atoms. The van der Waals surface area contributed by atoms with Gasteiger partial charge in [0.05, 0.1) is 5.82 Å². The van der Waals surface area contributed by atoms with Crippen LogP contribution in [0.25, 0.3) is 0 Å². The van der Waals surface area contributed by atoms with Crippen LogP contribution in [0.2, 0.25) is 0 Å². The Morgan fingerprint density at radius 1 is 0.923 bits per heavy atom. The Balaban J connectivity index is 0. The van der Waals surface area contributed by atoms with Gasteiger partial charge in [0.2, 0.25) is 0 Å². The van der Waals surface area contributed by atoms with Crippen LogP contribution < -0.4 is 12.4 Å². The molecule has 0 nitrogen and oxygen atoms in total. The third-order valence-corrected chi connectivity index (χ3v) is 1.18. The maximum Gasteiger partial charge on any atom is 2.00 e. The van der Waals surface area contributed by atoms with Gasteiger partial charge in [0.25, 0.3) is 0 Å². The van der Waals surface area contributed by atoms with Crippen LogP contribution >= 0.6 is 0 Å². The number of benzene rings is 1. The van der Waals surface area contributed by atoms with Crippen molar-refractivity contribution in [2.45, 2.75) is 0 Å². The van der Waals surface area contributed by atoms with Gasteiger partial charge in [0, 0.05) is 0 Å². The quantitative estimate of drug-likeness (QED) is 0.175. The average Bonchev–Trinajstić information content (AvgIpc) is 1.97. The van der Waals surface area contributed by atoms with Crippen molar-refractivity contribution < 1.29 is 30.0 Å². The van der Waals surface area contributed by atoms with E-state index in [4.69, 9.17) is 0 Å². The van der Waals surface area contributed by atoms with Gasteiger partial charge < -0.3 is 12.4 Å². The summed E-state index contributed by atoms with van der Waals surface area (Å²) in [5, 5.41) is 0. The zero-order valence-electron chi connectivity index (χ0n) is 6.38. The van der Waals surface area contributed by atoms with E-state index >= 15 is 0 Å². The summed E-state index contributed by atoms with van der Waals surface area (Å²) in [6.45, 7) is 2.96. The molecule has 0 fully saturated rings. The van der Waals surface area contributed by atoms with E-state index in [9.17, 15) is 17.6 Å². The predicted octanol–water partition coefficient (Wildman–Crippen LogP) is -0.952. The summed E-state index contributed by atoms with van der Waals surface area (Å²) in [7, 11) is 0. The summed E-state index contributed by atoms with van der Waals surface area (Å²) < 4.78 is 48.9. The second-order valence-electron chi connectivity index (χ2n) is 1.96. The van der Waals surface area contributed by atoms with E-state index < -0.39 is 28.8 Å². The van der Waals surface area contributed by atoms with Crippen molar-refractivity contribution in [1.82, 2.24) is 0 Å². The third kappa shape index (κ3) is 2.93. The molecule has 68 valence electrons. The molecule has 0 heterocycles. The molecule has 0 unspecified atom stereocenters. The molecule has 0 aliphatic carbocycles. The van der Waals surface area contributed by atoms with Gasteiger partial charge in [0.15, 0.2) is 5.82 Å². The van der Waals surface area contributed by atoms with Crippen molar-refractivity contribution in [3.63, 3.8) is 0 Å². The van der Waals surface area contributed by atoms with Gasteiger partial charge in [-0.05, 0) is 0 Å². The Kier molecular flexibility index (Phi) is 6.57. The van der Waals surface area contributed by atoms with E-state index in [1.54, 1.807) is 0 Å². The van der Waals surface area contributed by atoms with Crippen molar-refractivity contribution in [1.29, 1.82) is 0 Å². The number of hydrogen-bond donors (Lipinski definition) is 0. The predicted molar refractivity (Wildman–Crippen MR) is 36.5 cm³/mol. The van der Waals surface area contributed by atoms with Crippen molar-refractivity contribution in [3.8, 4) is 0 Å². The van der Waals surface area contributed by atoms with E-state index in [1.807, 2.05) is 0 Å². The molecule has 1 rings (SSSR count). The molecule has 0 aromatic heterocycles. The van der Waals surface area contributed by atoms with E-state index in [0.29, 0.717) is 6.07 Å². The van der Waals surface area contributed by atoms with Gasteiger partial charge in [-0.25, -0.2) is 13.2 Å². The second-order valence-corrected chi connectivity index (χ2v) is 1.96.